The van der Waals surface area contributed by atoms with Crippen molar-refractivity contribution in [3.05, 3.63) is 70.3 Å². The Morgan fingerprint density at radius 3 is 2.37 bits per heavy atom. The smallest absolute Gasteiger partial charge is 0.0373 e. The molecule has 0 spiro atoms. The average molecular weight is 247 g/mol. The summed E-state index contributed by atoms with van der Waals surface area (Å²) in [5.41, 5.74) is 14.2. The van der Waals surface area contributed by atoms with Gasteiger partial charge in [-0.1, -0.05) is 36.4 Å². The number of hydrogen-bond donors (Lipinski definition) is 1. The van der Waals surface area contributed by atoms with E-state index in [4.69, 9.17) is 5.73 Å². The lowest BCUT2D eigenvalue weighted by molar-refractivity contribution is 1.38. The molecule has 1 aliphatic rings. The Labute approximate surface area is 114 Å². The Morgan fingerprint density at radius 1 is 0.947 bits per heavy atom. The molecular formula is C18H17N. The molecule has 19 heavy (non-hydrogen) atoms. The van der Waals surface area contributed by atoms with Gasteiger partial charge < -0.3 is 5.73 Å². The summed E-state index contributed by atoms with van der Waals surface area (Å²) in [6.07, 6.45) is 6.56. The van der Waals surface area contributed by atoms with Crippen LogP contribution in [-0.4, -0.2) is 0 Å². The number of rotatable bonds is 1. The van der Waals surface area contributed by atoms with Gasteiger partial charge in [0.1, 0.15) is 0 Å². The first-order valence-electron chi connectivity index (χ1n) is 6.51. The van der Waals surface area contributed by atoms with Crippen LogP contribution in [0.15, 0.2) is 42.5 Å². The van der Waals surface area contributed by atoms with E-state index in [0.29, 0.717) is 0 Å². The molecule has 0 unspecified atom stereocenters. The number of nitrogen functional groups attached to an aromatic ring is 1. The van der Waals surface area contributed by atoms with Crippen molar-refractivity contribution in [1.29, 1.82) is 0 Å². The van der Waals surface area contributed by atoms with Gasteiger partial charge in [0.15, 0.2) is 0 Å². The molecule has 0 aliphatic heterocycles. The fraction of sp³-hybridized carbons (Fsp3) is 0.111. The molecule has 0 amide bonds. The summed E-state index contributed by atoms with van der Waals surface area (Å²) >= 11 is 0. The summed E-state index contributed by atoms with van der Waals surface area (Å²) in [4.78, 5) is 0. The standard InChI is InChI=1S/C18H17N/c1-12-9-14(10-13(2)18(12)19)11-16-8-7-15-5-3-4-6-17(15)16/h3-11H,19H2,1-2H3/b16-11+. The first kappa shape index (κ1) is 11.8. The Balaban J connectivity index is 2.07. The molecule has 0 radical (unpaired) electrons. The predicted octanol–water partition coefficient (Wildman–Crippen LogP) is 4.45. The van der Waals surface area contributed by atoms with Crippen molar-refractivity contribution in [2.75, 3.05) is 5.73 Å². The van der Waals surface area contributed by atoms with Gasteiger partial charge in [0.05, 0.1) is 0 Å². The molecule has 3 rings (SSSR count). The number of fused-ring (bicyclic) bond motifs is 1. The van der Waals surface area contributed by atoms with Gasteiger partial charge in [-0.2, -0.15) is 0 Å². The fourth-order valence-corrected chi connectivity index (χ4v) is 2.57. The van der Waals surface area contributed by atoms with E-state index in [1.807, 2.05) is 0 Å². The summed E-state index contributed by atoms with van der Waals surface area (Å²) in [5.74, 6) is 0. The third-order valence-electron chi connectivity index (χ3n) is 3.65. The van der Waals surface area contributed by atoms with Crippen LogP contribution in [0.3, 0.4) is 0 Å². The minimum absolute atomic E-state index is 0.893. The molecule has 0 saturated heterocycles. The van der Waals surface area contributed by atoms with Crippen molar-refractivity contribution in [1.82, 2.24) is 0 Å². The van der Waals surface area contributed by atoms with Crippen molar-refractivity contribution in [3.8, 4) is 0 Å². The molecule has 2 aromatic rings. The van der Waals surface area contributed by atoms with Gasteiger partial charge in [-0.25, -0.2) is 0 Å². The van der Waals surface area contributed by atoms with Crippen LogP contribution < -0.4 is 5.73 Å². The minimum atomic E-state index is 0.893. The van der Waals surface area contributed by atoms with Crippen LogP contribution in [0.1, 0.15) is 27.8 Å². The first-order chi connectivity index (χ1) is 9.15. The number of benzene rings is 2. The van der Waals surface area contributed by atoms with Gasteiger partial charge in [0.2, 0.25) is 0 Å². The molecule has 0 fully saturated rings. The molecule has 0 atom stereocenters. The number of allylic oxidation sites excluding steroid dienone is 2. The van der Waals surface area contributed by atoms with E-state index in [1.54, 1.807) is 0 Å². The van der Waals surface area contributed by atoms with Crippen LogP contribution in [0.4, 0.5) is 5.69 Å². The van der Waals surface area contributed by atoms with Crippen molar-refractivity contribution >= 4 is 23.4 Å². The predicted molar refractivity (Wildman–Crippen MR) is 83.7 cm³/mol. The summed E-state index contributed by atoms with van der Waals surface area (Å²) < 4.78 is 0. The lowest BCUT2D eigenvalue weighted by Gasteiger charge is -2.07. The molecule has 0 bridgehead atoms. The summed E-state index contributed by atoms with van der Waals surface area (Å²) in [6.45, 7) is 4.12. The minimum Gasteiger partial charge on any atom is -0.398 e. The second-order valence-electron chi connectivity index (χ2n) is 5.09. The Bertz CT molecular complexity index is 682. The average Bonchev–Trinajstić information content (AvgIpc) is 2.79. The molecule has 0 saturated carbocycles. The van der Waals surface area contributed by atoms with Gasteiger partial charge in [-0.05, 0) is 65.4 Å². The molecular weight excluding hydrogens is 230 g/mol. The zero-order valence-corrected chi connectivity index (χ0v) is 11.3. The van der Waals surface area contributed by atoms with Crippen LogP contribution in [-0.2, 0) is 0 Å². The normalized spacial score (nSPS) is 14.9. The SMILES string of the molecule is Cc1cc(/C=C2\C=Cc3ccccc32)cc(C)c1N. The highest BCUT2D eigenvalue weighted by Gasteiger charge is 2.09. The molecule has 2 N–H and O–H groups in total. The third-order valence-corrected chi connectivity index (χ3v) is 3.65. The molecule has 2 aromatic carbocycles. The Morgan fingerprint density at radius 2 is 1.63 bits per heavy atom. The van der Waals surface area contributed by atoms with Gasteiger partial charge in [0.25, 0.3) is 0 Å². The zero-order chi connectivity index (χ0) is 13.4. The molecule has 0 heterocycles. The van der Waals surface area contributed by atoms with E-state index in [9.17, 15) is 0 Å². The van der Waals surface area contributed by atoms with Crippen LogP contribution in [0, 0.1) is 13.8 Å². The van der Waals surface area contributed by atoms with Gasteiger partial charge in [-0.15, -0.1) is 0 Å². The second kappa shape index (κ2) is 4.43. The third kappa shape index (κ3) is 2.08. The van der Waals surface area contributed by atoms with E-state index < -0.39 is 0 Å². The van der Waals surface area contributed by atoms with Gasteiger partial charge in [0, 0.05) is 5.69 Å². The Hall–Kier alpha value is -2.28. The maximum atomic E-state index is 6.00. The van der Waals surface area contributed by atoms with Crippen molar-refractivity contribution in [2.45, 2.75) is 13.8 Å². The van der Waals surface area contributed by atoms with Crippen LogP contribution in [0.2, 0.25) is 0 Å². The van der Waals surface area contributed by atoms with Crippen LogP contribution in [0.25, 0.3) is 17.7 Å². The van der Waals surface area contributed by atoms with Crippen molar-refractivity contribution < 1.29 is 0 Å². The maximum Gasteiger partial charge on any atom is 0.0373 e. The Kier molecular flexibility index (Phi) is 2.75. The summed E-state index contributed by atoms with van der Waals surface area (Å²) in [7, 11) is 0. The molecule has 0 aromatic heterocycles. The zero-order valence-electron chi connectivity index (χ0n) is 11.3. The lowest BCUT2D eigenvalue weighted by atomic mass is 10.0. The van der Waals surface area contributed by atoms with Crippen molar-refractivity contribution in [3.63, 3.8) is 0 Å². The first-order valence-corrected chi connectivity index (χ1v) is 6.51. The highest BCUT2D eigenvalue weighted by molar-refractivity contribution is 5.97. The lowest BCUT2D eigenvalue weighted by Crippen LogP contribution is -1.94. The van der Waals surface area contributed by atoms with E-state index in [1.165, 1.54) is 22.3 Å². The molecule has 94 valence electrons. The highest BCUT2D eigenvalue weighted by atomic mass is 14.6. The van der Waals surface area contributed by atoms with Gasteiger partial charge in [-0.3, -0.25) is 0 Å². The van der Waals surface area contributed by atoms with E-state index in [2.05, 4.69) is 68.5 Å². The molecule has 1 nitrogen and oxygen atoms in total. The quantitative estimate of drug-likeness (QED) is 0.740. The van der Waals surface area contributed by atoms with Crippen molar-refractivity contribution in [2.24, 2.45) is 0 Å². The maximum absolute atomic E-state index is 6.00. The highest BCUT2D eigenvalue weighted by Crippen LogP contribution is 2.31. The monoisotopic (exact) mass is 247 g/mol. The summed E-state index contributed by atoms with van der Waals surface area (Å²) in [5, 5.41) is 0. The number of nitrogens with two attached hydrogens (primary N) is 1. The van der Waals surface area contributed by atoms with E-state index in [0.717, 1.165) is 16.8 Å². The van der Waals surface area contributed by atoms with Gasteiger partial charge >= 0.3 is 0 Å². The van der Waals surface area contributed by atoms with E-state index >= 15 is 0 Å². The molecule has 1 aliphatic carbocycles. The second-order valence-corrected chi connectivity index (χ2v) is 5.09. The van der Waals surface area contributed by atoms with Crippen LogP contribution in [0.5, 0.6) is 0 Å². The van der Waals surface area contributed by atoms with Crippen LogP contribution >= 0.6 is 0 Å². The number of hydrogen-bond acceptors (Lipinski definition) is 1. The largest absolute Gasteiger partial charge is 0.398 e. The fourth-order valence-electron chi connectivity index (χ4n) is 2.57. The summed E-state index contributed by atoms with van der Waals surface area (Å²) in [6, 6.07) is 12.8. The number of anilines is 1. The number of aryl methyl sites for hydroxylation is 2. The molecule has 1 heteroatoms. The topological polar surface area (TPSA) is 26.0 Å². The van der Waals surface area contributed by atoms with E-state index in [-0.39, 0.29) is 0 Å².